The molecule has 3 heterocycles. The van der Waals surface area contributed by atoms with Crippen molar-refractivity contribution in [2.75, 3.05) is 38.3 Å². The molecule has 2 saturated heterocycles. The third-order valence-corrected chi connectivity index (χ3v) is 7.27. The van der Waals surface area contributed by atoms with Gasteiger partial charge in [-0.25, -0.2) is 0 Å². The average molecular weight is 476 g/mol. The second-order valence-corrected chi connectivity index (χ2v) is 9.57. The molecular formula is C28H33N3O4. The van der Waals surface area contributed by atoms with Crippen LogP contribution in [0.15, 0.2) is 59.5 Å². The van der Waals surface area contributed by atoms with Gasteiger partial charge in [0.05, 0.1) is 6.10 Å². The number of carbonyl (C=O) groups excluding carboxylic acids is 1. The molecule has 2 aliphatic rings. The van der Waals surface area contributed by atoms with Crippen LogP contribution in [0.25, 0.3) is 16.5 Å². The number of hydrogen-bond acceptors (Lipinski definition) is 5. The number of carbonyl (C=O) groups is 1. The standard InChI is InChI=1S/C28H33N3O4/c1-20(32)29(2)24-5-3-14-30(18-24)22-7-9-23(10-8-22)31-15-13-21-17-25(11-12-27(21)28(31)33)35-19-26-6-4-16-34-26/h7-13,15,17,24,26H,3-6,14,16,18-19H2,1-2H3/t24?,26-/m0/s1. The predicted molar refractivity (Wildman–Crippen MR) is 138 cm³/mol. The fourth-order valence-corrected chi connectivity index (χ4v) is 5.07. The van der Waals surface area contributed by atoms with Gasteiger partial charge in [0.25, 0.3) is 5.56 Å². The van der Waals surface area contributed by atoms with Crippen molar-refractivity contribution in [3.63, 3.8) is 0 Å². The molecule has 0 aliphatic carbocycles. The molecule has 0 spiro atoms. The summed E-state index contributed by atoms with van der Waals surface area (Å²) in [5, 5.41) is 1.52. The Morgan fingerprint density at radius 2 is 1.89 bits per heavy atom. The van der Waals surface area contributed by atoms with Gasteiger partial charge in [-0.2, -0.15) is 0 Å². The van der Waals surface area contributed by atoms with E-state index >= 15 is 0 Å². The van der Waals surface area contributed by atoms with E-state index in [-0.39, 0.29) is 23.6 Å². The van der Waals surface area contributed by atoms with Crippen molar-refractivity contribution in [2.45, 2.75) is 44.8 Å². The Labute approximate surface area is 205 Å². The molecule has 0 saturated carbocycles. The van der Waals surface area contributed by atoms with Crippen LogP contribution in [0.1, 0.15) is 32.6 Å². The maximum atomic E-state index is 13.2. The first kappa shape index (κ1) is 23.4. The summed E-state index contributed by atoms with van der Waals surface area (Å²) in [6, 6.07) is 15.9. The molecule has 2 aromatic carbocycles. The third-order valence-electron chi connectivity index (χ3n) is 7.27. The molecule has 1 aromatic heterocycles. The number of amides is 1. The van der Waals surface area contributed by atoms with E-state index in [1.54, 1.807) is 11.5 Å². The number of anilines is 1. The fourth-order valence-electron chi connectivity index (χ4n) is 5.07. The summed E-state index contributed by atoms with van der Waals surface area (Å²) >= 11 is 0. The van der Waals surface area contributed by atoms with Gasteiger partial charge in [-0.15, -0.1) is 0 Å². The second-order valence-electron chi connectivity index (χ2n) is 9.57. The van der Waals surface area contributed by atoms with Crippen molar-refractivity contribution in [3.05, 3.63) is 65.1 Å². The Kier molecular flexibility index (Phi) is 6.77. The quantitative estimate of drug-likeness (QED) is 0.539. The number of rotatable bonds is 6. The van der Waals surface area contributed by atoms with Gasteiger partial charge in [0, 0.05) is 62.7 Å². The summed E-state index contributed by atoms with van der Waals surface area (Å²) in [6.07, 6.45) is 6.17. The van der Waals surface area contributed by atoms with Gasteiger partial charge < -0.3 is 19.3 Å². The maximum Gasteiger partial charge on any atom is 0.262 e. The fraction of sp³-hybridized carbons (Fsp3) is 0.429. The molecule has 1 amide bonds. The first-order valence-electron chi connectivity index (χ1n) is 12.5. The highest BCUT2D eigenvalue weighted by atomic mass is 16.5. The Morgan fingerprint density at radius 1 is 1.09 bits per heavy atom. The number of ether oxygens (including phenoxy) is 2. The SMILES string of the molecule is CC(=O)N(C)C1CCCN(c2ccc(-n3ccc4cc(OC[C@@H]5CCCO5)ccc4c3=O)cc2)C1. The summed E-state index contributed by atoms with van der Waals surface area (Å²) in [5.41, 5.74) is 1.88. The molecule has 0 bridgehead atoms. The zero-order chi connectivity index (χ0) is 24.4. The average Bonchev–Trinajstić information content (AvgIpc) is 3.41. The molecular weight excluding hydrogens is 442 g/mol. The van der Waals surface area contributed by atoms with Crippen LogP contribution in [0.4, 0.5) is 5.69 Å². The number of pyridine rings is 1. The zero-order valence-corrected chi connectivity index (χ0v) is 20.5. The molecule has 2 fully saturated rings. The number of fused-ring (bicyclic) bond motifs is 1. The minimum absolute atomic E-state index is 0.0537. The van der Waals surface area contributed by atoms with Crippen molar-refractivity contribution in [1.29, 1.82) is 0 Å². The summed E-state index contributed by atoms with van der Waals surface area (Å²) in [5.74, 6) is 0.856. The lowest BCUT2D eigenvalue weighted by Gasteiger charge is -2.38. The zero-order valence-electron chi connectivity index (χ0n) is 20.5. The Hall–Kier alpha value is -3.32. The molecule has 2 atom stereocenters. The van der Waals surface area contributed by atoms with Crippen LogP contribution in [-0.4, -0.2) is 60.9 Å². The van der Waals surface area contributed by atoms with E-state index in [1.165, 1.54) is 0 Å². The van der Waals surface area contributed by atoms with Crippen LogP contribution in [0.5, 0.6) is 5.75 Å². The Balaban J connectivity index is 1.31. The molecule has 0 radical (unpaired) electrons. The minimum atomic E-state index is -0.0537. The van der Waals surface area contributed by atoms with Crippen molar-refractivity contribution in [1.82, 2.24) is 9.47 Å². The van der Waals surface area contributed by atoms with Gasteiger partial charge in [0.1, 0.15) is 12.4 Å². The summed E-state index contributed by atoms with van der Waals surface area (Å²) in [6.45, 7) is 4.76. The molecule has 3 aromatic rings. The van der Waals surface area contributed by atoms with Crippen molar-refractivity contribution in [3.8, 4) is 11.4 Å². The van der Waals surface area contributed by atoms with Crippen molar-refractivity contribution < 1.29 is 14.3 Å². The highest BCUT2D eigenvalue weighted by Gasteiger charge is 2.24. The molecule has 1 unspecified atom stereocenters. The first-order chi connectivity index (χ1) is 17.0. The largest absolute Gasteiger partial charge is 0.491 e. The third kappa shape index (κ3) is 5.05. The maximum absolute atomic E-state index is 13.2. The highest BCUT2D eigenvalue weighted by molar-refractivity contribution is 5.83. The van der Waals surface area contributed by atoms with Crippen LogP contribution in [-0.2, 0) is 9.53 Å². The first-order valence-corrected chi connectivity index (χ1v) is 12.5. The van der Waals surface area contributed by atoms with Crippen LogP contribution in [0.3, 0.4) is 0 Å². The lowest BCUT2D eigenvalue weighted by Crippen LogP contribution is -2.48. The second kappa shape index (κ2) is 10.1. The summed E-state index contributed by atoms with van der Waals surface area (Å²) in [4.78, 5) is 29.2. The van der Waals surface area contributed by atoms with Gasteiger partial charge >= 0.3 is 0 Å². The predicted octanol–water partition coefficient (Wildman–Crippen LogP) is 4.00. The van der Waals surface area contributed by atoms with Gasteiger partial charge in [-0.05, 0) is 79.6 Å². The van der Waals surface area contributed by atoms with Crippen molar-refractivity contribution in [2.24, 2.45) is 0 Å². The van der Waals surface area contributed by atoms with Crippen LogP contribution in [0, 0.1) is 0 Å². The van der Waals surface area contributed by atoms with Crippen molar-refractivity contribution >= 4 is 22.4 Å². The van der Waals surface area contributed by atoms with E-state index in [9.17, 15) is 9.59 Å². The number of benzene rings is 2. The normalized spacial score (nSPS) is 20.2. The molecule has 2 aliphatic heterocycles. The topological polar surface area (TPSA) is 64.0 Å². The van der Waals surface area contributed by atoms with Gasteiger partial charge in [0.15, 0.2) is 0 Å². The Bertz CT molecular complexity index is 1250. The number of piperidine rings is 1. The monoisotopic (exact) mass is 475 g/mol. The molecule has 7 nitrogen and oxygen atoms in total. The Morgan fingerprint density at radius 3 is 2.63 bits per heavy atom. The van der Waals surface area contributed by atoms with Gasteiger partial charge in [-0.3, -0.25) is 14.2 Å². The molecule has 184 valence electrons. The van der Waals surface area contributed by atoms with E-state index in [0.29, 0.717) is 12.0 Å². The van der Waals surface area contributed by atoms with E-state index in [1.807, 2.05) is 54.5 Å². The van der Waals surface area contributed by atoms with E-state index in [2.05, 4.69) is 17.0 Å². The van der Waals surface area contributed by atoms with Crippen LogP contribution in [0.2, 0.25) is 0 Å². The van der Waals surface area contributed by atoms with Crippen LogP contribution >= 0.6 is 0 Å². The van der Waals surface area contributed by atoms with Gasteiger partial charge in [-0.1, -0.05) is 0 Å². The van der Waals surface area contributed by atoms with Gasteiger partial charge in [0.2, 0.25) is 5.91 Å². The molecule has 5 rings (SSSR count). The van der Waals surface area contributed by atoms with E-state index < -0.39 is 0 Å². The molecule has 35 heavy (non-hydrogen) atoms. The number of hydrogen-bond donors (Lipinski definition) is 0. The van der Waals surface area contributed by atoms with E-state index in [4.69, 9.17) is 9.47 Å². The van der Waals surface area contributed by atoms with E-state index in [0.717, 1.165) is 67.9 Å². The lowest BCUT2D eigenvalue weighted by atomic mass is 10.0. The summed E-state index contributed by atoms with van der Waals surface area (Å²) < 4.78 is 13.2. The minimum Gasteiger partial charge on any atom is -0.491 e. The molecule has 7 heteroatoms. The van der Waals surface area contributed by atoms with Crippen LogP contribution < -0.4 is 15.2 Å². The number of aromatic nitrogens is 1. The lowest BCUT2D eigenvalue weighted by molar-refractivity contribution is -0.129. The number of likely N-dealkylation sites (N-methyl/N-ethyl adjacent to an activating group) is 1. The summed E-state index contributed by atoms with van der Waals surface area (Å²) in [7, 11) is 1.88. The molecule has 0 N–H and O–H groups in total. The highest BCUT2D eigenvalue weighted by Crippen LogP contribution is 2.25. The smallest absolute Gasteiger partial charge is 0.262 e. The number of nitrogens with zero attached hydrogens (tertiary/aromatic N) is 3.